The molecule has 1 atom stereocenters. The van der Waals surface area contributed by atoms with Gasteiger partial charge < -0.3 is 4.57 Å². The summed E-state index contributed by atoms with van der Waals surface area (Å²) in [6, 6.07) is 4.80. The van der Waals surface area contributed by atoms with Gasteiger partial charge in [-0.2, -0.15) is 12.6 Å². The third-order valence-corrected chi connectivity index (χ3v) is 2.56. The average molecular weight is 169 g/mol. The standard InChI is InChI=1S/C9H15NS/c1-7-4-5-8(2)10(7)9(3)6-11/h4-5,9,11H,6H2,1-3H3. The summed E-state index contributed by atoms with van der Waals surface area (Å²) in [5.74, 6) is 0.899. The van der Waals surface area contributed by atoms with Crippen molar-refractivity contribution in [3.05, 3.63) is 23.5 Å². The van der Waals surface area contributed by atoms with E-state index in [4.69, 9.17) is 0 Å². The van der Waals surface area contributed by atoms with Crippen LogP contribution in [0, 0.1) is 13.8 Å². The van der Waals surface area contributed by atoms with Crippen LogP contribution < -0.4 is 0 Å². The maximum atomic E-state index is 4.28. The summed E-state index contributed by atoms with van der Waals surface area (Å²) in [6.07, 6.45) is 0. The SMILES string of the molecule is Cc1ccc(C)n1C(C)CS. The lowest BCUT2D eigenvalue weighted by Gasteiger charge is -2.15. The molecule has 0 fully saturated rings. The molecule has 1 aromatic heterocycles. The molecular formula is C9H15NS. The van der Waals surface area contributed by atoms with Crippen molar-refractivity contribution in [3.8, 4) is 0 Å². The van der Waals surface area contributed by atoms with Crippen LogP contribution in [-0.4, -0.2) is 10.3 Å². The summed E-state index contributed by atoms with van der Waals surface area (Å²) in [5, 5.41) is 0. The van der Waals surface area contributed by atoms with Gasteiger partial charge in [0.25, 0.3) is 0 Å². The predicted molar refractivity (Wildman–Crippen MR) is 52.5 cm³/mol. The van der Waals surface area contributed by atoms with E-state index in [1.54, 1.807) is 0 Å². The van der Waals surface area contributed by atoms with Gasteiger partial charge in [-0.05, 0) is 32.9 Å². The van der Waals surface area contributed by atoms with Crippen LogP contribution in [0.15, 0.2) is 12.1 Å². The van der Waals surface area contributed by atoms with Gasteiger partial charge in [0.2, 0.25) is 0 Å². The molecule has 0 saturated heterocycles. The number of rotatable bonds is 2. The molecule has 0 aliphatic rings. The van der Waals surface area contributed by atoms with Gasteiger partial charge >= 0.3 is 0 Å². The first-order valence-corrected chi connectivity index (χ1v) is 4.55. The number of hydrogen-bond acceptors (Lipinski definition) is 1. The fraction of sp³-hybridized carbons (Fsp3) is 0.556. The van der Waals surface area contributed by atoms with Crippen LogP contribution in [0.5, 0.6) is 0 Å². The molecule has 0 radical (unpaired) electrons. The van der Waals surface area contributed by atoms with Crippen molar-refractivity contribution in [2.24, 2.45) is 0 Å². The Morgan fingerprint density at radius 2 is 1.82 bits per heavy atom. The zero-order chi connectivity index (χ0) is 8.43. The topological polar surface area (TPSA) is 4.93 Å². The summed E-state index contributed by atoms with van der Waals surface area (Å²) in [5.41, 5.74) is 2.65. The van der Waals surface area contributed by atoms with E-state index >= 15 is 0 Å². The molecule has 1 nitrogen and oxygen atoms in total. The Labute approximate surface area is 73.8 Å². The van der Waals surface area contributed by atoms with Crippen LogP contribution in [0.2, 0.25) is 0 Å². The number of aromatic nitrogens is 1. The van der Waals surface area contributed by atoms with Gasteiger partial charge in [-0.15, -0.1) is 0 Å². The van der Waals surface area contributed by atoms with E-state index < -0.39 is 0 Å². The number of nitrogens with zero attached hydrogens (tertiary/aromatic N) is 1. The molecule has 0 aliphatic heterocycles. The van der Waals surface area contributed by atoms with Gasteiger partial charge in [0.1, 0.15) is 0 Å². The fourth-order valence-corrected chi connectivity index (χ4v) is 1.62. The van der Waals surface area contributed by atoms with Gasteiger partial charge in [-0.3, -0.25) is 0 Å². The minimum absolute atomic E-state index is 0.508. The smallest absolute Gasteiger partial charge is 0.0395 e. The van der Waals surface area contributed by atoms with Gasteiger partial charge in [-0.25, -0.2) is 0 Å². The van der Waals surface area contributed by atoms with Crippen molar-refractivity contribution in [2.75, 3.05) is 5.75 Å². The van der Waals surface area contributed by atoms with Crippen LogP contribution in [0.4, 0.5) is 0 Å². The third kappa shape index (κ3) is 1.62. The zero-order valence-corrected chi connectivity index (χ0v) is 8.23. The molecule has 0 aliphatic carbocycles. The van der Waals surface area contributed by atoms with Gasteiger partial charge in [-0.1, -0.05) is 0 Å². The van der Waals surface area contributed by atoms with E-state index in [0.29, 0.717) is 6.04 Å². The minimum atomic E-state index is 0.508. The quantitative estimate of drug-likeness (QED) is 0.649. The Morgan fingerprint density at radius 3 is 2.18 bits per heavy atom. The largest absolute Gasteiger partial charge is 0.346 e. The fourth-order valence-electron chi connectivity index (χ4n) is 1.46. The second kappa shape index (κ2) is 3.35. The lowest BCUT2D eigenvalue weighted by molar-refractivity contribution is 0.584. The van der Waals surface area contributed by atoms with Crippen molar-refractivity contribution < 1.29 is 0 Å². The second-order valence-electron chi connectivity index (χ2n) is 3.02. The highest BCUT2D eigenvalue weighted by Crippen LogP contribution is 2.15. The highest BCUT2D eigenvalue weighted by Gasteiger charge is 2.06. The molecule has 0 saturated carbocycles. The number of thiol groups is 1. The van der Waals surface area contributed by atoms with E-state index in [1.165, 1.54) is 11.4 Å². The van der Waals surface area contributed by atoms with E-state index in [1.807, 2.05) is 0 Å². The van der Waals surface area contributed by atoms with E-state index in [-0.39, 0.29) is 0 Å². The molecule has 0 bridgehead atoms. The lowest BCUT2D eigenvalue weighted by Crippen LogP contribution is -2.09. The van der Waals surface area contributed by atoms with Gasteiger partial charge in [0, 0.05) is 23.2 Å². The summed E-state index contributed by atoms with van der Waals surface area (Å²) < 4.78 is 2.31. The second-order valence-corrected chi connectivity index (χ2v) is 3.38. The van der Waals surface area contributed by atoms with Crippen molar-refractivity contribution >= 4 is 12.6 Å². The molecule has 62 valence electrons. The Kier molecular flexibility index (Phi) is 2.66. The molecule has 1 heterocycles. The van der Waals surface area contributed by atoms with Crippen molar-refractivity contribution in [3.63, 3.8) is 0 Å². The first kappa shape index (κ1) is 8.72. The summed E-state index contributed by atoms with van der Waals surface area (Å²) in [7, 11) is 0. The average Bonchev–Trinajstić information content (AvgIpc) is 2.30. The Bertz CT molecular complexity index is 220. The lowest BCUT2D eigenvalue weighted by atomic mass is 10.3. The van der Waals surface area contributed by atoms with Crippen LogP contribution in [-0.2, 0) is 0 Å². The minimum Gasteiger partial charge on any atom is -0.346 e. The molecule has 0 N–H and O–H groups in total. The molecule has 1 aromatic rings. The molecule has 2 heteroatoms. The van der Waals surface area contributed by atoms with Crippen LogP contribution in [0.25, 0.3) is 0 Å². The molecular weight excluding hydrogens is 154 g/mol. The van der Waals surface area contributed by atoms with Crippen molar-refractivity contribution in [1.29, 1.82) is 0 Å². The van der Waals surface area contributed by atoms with Crippen LogP contribution >= 0.6 is 12.6 Å². The molecule has 0 aromatic carbocycles. The number of hydrogen-bond donors (Lipinski definition) is 1. The molecule has 0 spiro atoms. The third-order valence-electron chi connectivity index (χ3n) is 2.03. The Morgan fingerprint density at radius 1 is 1.36 bits per heavy atom. The summed E-state index contributed by atoms with van der Waals surface area (Å²) in [6.45, 7) is 6.45. The van der Waals surface area contributed by atoms with Crippen LogP contribution in [0.3, 0.4) is 0 Å². The molecule has 1 unspecified atom stereocenters. The Hall–Kier alpha value is -0.370. The normalized spacial score (nSPS) is 13.5. The first-order chi connectivity index (χ1) is 5.16. The maximum Gasteiger partial charge on any atom is 0.0395 e. The van der Waals surface area contributed by atoms with E-state index in [2.05, 4.69) is 50.1 Å². The van der Waals surface area contributed by atoms with Crippen molar-refractivity contribution in [2.45, 2.75) is 26.8 Å². The molecule has 1 rings (SSSR count). The summed E-state index contributed by atoms with van der Waals surface area (Å²) >= 11 is 4.28. The first-order valence-electron chi connectivity index (χ1n) is 3.92. The maximum absolute atomic E-state index is 4.28. The zero-order valence-electron chi connectivity index (χ0n) is 7.33. The van der Waals surface area contributed by atoms with Crippen molar-refractivity contribution in [1.82, 2.24) is 4.57 Å². The van der Waals surface area contributed by atoms with Gasteiger partial charge in [0.05, 0.1) is 0 Å². The van der Waals surface area contributed by atoms with Gasteiger partial charge in [0.15, 0.2) is 0 Å². The highest BCUT2D eigenvalue weighted by molar-refractivity contribution is 7.80. The highest BCUT2D eigenvalue weighted by atomic mass is 32.1. The van der Waals surface area contributed by atoms with E-state index in [0.717, 1.165) is 5.75 Å². The monoisotopic (exact) mass is 169 g/mol. The summed E-state index contributed by atoms with van der Waals surface area (Å²) in [4.78, 5) is 0. The van der Waals surface area contributed by atoms with E-state index in [9.17, 15) is 0 Å². The number of aryl methyl sites for hydroxylation is 2. The Balaban J connectivity index is 3.00. The molecule has 0 amide bonds. The van der Waals surface area contributed by atoms with Crippen LogP contribution in [0.1, 0.15) is 24.4 Å². The molecule has 11 heavy (non-hydrogen) atoms. The predicted octanol–water partition coefficient (Wildman–Crippen LogP) is 2.60.